The molecule has 4 nitrogen and oxygen atoms in total. The van der Waals surface area contributed by atoms with Crippen molar-refractivity contribution < 1.29 is 5.11 Å². The van der Waals surface area contributed by atoms with E-state index in [0.29, 0.717) is 10.8 Å². The fourth-order valence-corrected chi connectivity index (χ4v) is 3.35. The van der Waals surface area contributed by atoms with Crippen LogP contribution < -0.4 is 10.9 Å². The van der Waals surface area contributed by atoms with Crippen LogP contribution in [-0.2, 0) is 12.8 Å². The maximum atomic E-state index is 12.0. The third kappa shape index (κ3) is 2.46. The maximum absolute atomic E-state index is 12.0. The zero-order valence-electron chi connectivity index (χ0n) is 10.3. The molecule has 3 rings (SSSR count). The molecule has 1 aliphatic carbocycles. The summed E-state index contributed by atoms with van der Waals surface area (Å²) in [6.07, 6.45) is 3.99. The van der Waals surface area contributed by atoms with Gasteiger partial charge in [-0.05, 0) is 37.8 Å². The van der Waals surface area contributed by atoms with Gasteiger partial charge in [-0.15, -0.1) is 11.3 Å². The summed E-state index contributed by atoms with van der Waals surface area (Å²) in [5.41, 5.74) is 1.31. The van der Waals surface area contributed by atoms with E-state index >= 15 is 0 Å². The highest BCUT2D eigenvalue weighted by atomic mass is 32.1. The molecule has 98 valence electrons. The van der Waals surface area contributed by atoms with E-state index in [1.54, 1.807) is 18.2 Å². The second kappa shape index (κ2) is 5.01. The van der Waals surface area contributed by atoms with E-state index in [0.717, 1.165) is 36.1 Å². The summed E-state index contributed by atoms with van der Waals surface area (Å²) in [6, 6.07) is 6.93. The third-order valence-corrected chi connectivity index (χ3v) is 4.33. The highest BCUT2D eigenvalue weighted by Gasteiger charge is 2.16. The highest BCUT2D eigenvalue weighted by molar-refractivity contribution is 7.15. The van der Waals surface area contributed by atoms with Crippen LogP contribution in [0.1, 0.15) is 23.3 Å². The number of aromatic hydroxyl groups is 1. The number of aromatic nitrogens is 1. The van der Waals surface area contributed by atoms with Gasteiger partial charge in [0.1, 0.15) is 5.75 Å². The lowest BCUT2D eigenvalue weighted by molar-refractivity contribution is 0.478. The lowest BCUT2D eigenvalue weighted by Crippen LogP contribution is -2.18. The van der Waals surface area contributed by atoms with Crippen LogP contribution in [0.25, 0.3) is 0 Å². The van der Waals surface area contributed by atoms with Crippen molar-refractivity contribution in [1.29, 1.82) is 0 Å². The lowest BCUT2D eigenvalue weighted by atomic mass is 10.00. The van der Waals surface area contributed by atoms with E-state index in [2.05, 4.69) is 10.3 Å². The second-order valence-corrected chi connectivity index (χ2v) is 5.66. The molecule has 0 aliphatic heterocycles. The van der Waals surface area contributed by atoms with E-state index in [1.807, 2.05) is 6.07 Å². The Kier molecular flexibility index (Phi) is 3.21. The second-order valence-electron chi connectivity index (χ2n) is 4.58. The largest absolute Gasteiger partial charge is 0.506 e. The number of anilines is 2. The summed E-state index contributed by atoms with van der Waals surface area (Å²) in [5.74, 6) is 0.154. The van der Waals surface area contributed by atoms with Gasteiger partial charge in [0.2, 0.25) is 0 Å². The number of nitrogens with one attached hydrogen (secondary N) is 1. The minimum atomic E-state index is -0.133. The van der Waals surface area contributed by atoms with Crippen LogP contribution in [0, 0.1) is 0 Å². The Labute approximate surface area is 114 Å². The molecule has 0 saturated carbocycles. The van der Waals surface area contributed by atoms with Crippen LogP contribution in [0.15, 0.2) is 29.1 Å². The molecule has 0 bridgehead atoms. The van der Waals surface area contributed by atoms with Crippen LogP contribution in [0.5, 0.6) is 5.75 Å². The van der Waals surface area contributed by atoms with E-state index in [-0.39, 0.29) is 11.3 Å². The van der Waals surface area contributed by atoms with E-state index in [1.165, 1.54) is 11.3 Å². The van der Waals surface area contributed by atoms with Gasteiger partial charge in [-0.25, -0.2) is 0 Å². The fourth-order valence-electron chi connectivity index (χ4n) is 2.26. The van der Waals surface area contributed by atoms with Crippen molar-refractivity contribution in [2.75, 3.05) is 5.32 Å². The average molecular weight is 274 g/mol. The molecular formula is C14H14N2O2S. The number of para-hydroxylation sites is 2. The summed E-state index contributed by atoms with van der Waals surface area (Å²) in [5, 5.41) is 13.3. The predicted octanol–water partition coefficient (Wildman–Crippen LogP) is 2.83. The van der Waals surface area contributed by atoms with Gasteiger partial charge in [0.05, 0.1) is 5.69 Å². The number of phenols is 1. The molecule has 2 aromatic rings. The molecule has 19 heavy (non-hydrogen) atoms. The summed E-state index contributed by atoms with van der Waals surface area (Å²) in [7, 11) is 0. The number of benzene rings is 1. The smallest absolute Gasteiger partial charge is 0.276 e. The van der Waals surface area contributed by atoms with Crippen molar-refractivity contribution in [1.82, 2.24) is 4.98 Å². The number of aryl methyl sites for hydroxylation is 1. The van der Waals surface area contributed by atoms with Crippen LogP contribution in [-0.4, -0.2) is 10.1 Å². The summed E-state index contributed by atoms with van der Waals surface area (Å²) < 4.78 is 0. The van der Waals surface area contributed by atoms with E-state index < -0.39 is 0 Å². The summed E-state index contributed by atoms with van der Waals surface area (Å²) in [6.45, 7) is 0. The first-order valence-electron chi connectivity index (χ1n) is 6.32. The average Bonchev–Trinajstić information content (AvgIpc) is 2.42. The Morgan fingerprint density at radius 1 is 1.21 bits per heavy atom. The number of nitrogens with zero attached hydrogens (tertiary/aromatic N) is 1. The Hall–Kier alpha value is -1.88. The Balaban J connectivity index is 1.96. The van der Waals surface area contributed by atoms with Gasteiger partial charge in [-0.2, -0.15) is 4.98 Å². The molecule has 0 unspecified atom stereocenters. The molecule has 1 heterocycles. The number of hydrogen-bond acceptors (Lipinski definition) is 5. The molecule has 0 amide bonds. The normalized spacial score (nSPS) is 13.9. The van der Waals surface area contributed by atoms with Crippen molar-refractivity contribution in [2.24, 2.45) is 0 Å². The van der Waals surface area contributed by atoms with E-state index in [9.17, 15) is 9.90 Å². The van der Waals surface area contributed by atoms with Crippen molar-refractivity contribution >= 4 is 22.2 Å². The van der Waals surface area contributed by atoms with E-state index in [4.69, 9.17) is 0 Å². The quantitative estimate of drug-likeness (QED) is 0.827. The topological polar surface area (TPSA) is 62.2 Å². The Bertz CT molecular complexity index is 667. The monoisotopic (exact) mass is 274 g/mol. The standard InChI is InChI=1S/C14H14N2O2S/c17-11-7-3-2-6-10(11)15-14-16-13(18)9-5-1-4-8-12(9)19-14/h2-3,6-7,17H,1,4-5,8H2,(H,15,16,18). The van der Waals surface area contributed by atoms with Gasteiger partial charge >= 0.3 is 0 Å². The number of rotatable bonds is 2. The predicted molar refractivity (Wildman–Crippen MR) is 76.4 cm³/mol. The third-order valence-electron chi connectivity index (χ3n) is 3.24. The van der Waals surface area contributed by atoms with Gasteiger partial charge in [-0.1, -0.05) is 12.1 Å². The molecule has 0 atom stereocenters. The Morgan fingerprint density at radius 2 is 2.00 bits per heavy atom. The van der Waals surface area contributed by atoms with Gasteiger partial charge in [0.25, 0.3) is 5.56 Å². The van der Waals surface area contributed by atoms with Crippen molar-refractivity contribution in [3.8, 4) is 5.75 Å². The zero-order valence-corrected chi connectivity index (χ0v) is 11.2. The van der Waals surface area contributed by atoms with Gasteiger partial charge in [-0.3, -0.25) is 4.79 Å². The molecule has 0 fully saturated rings. The van der Waals surface area contributed by atoms with Crippen molar-refractivity contribution in [2.45, 2.75) is 25.7 Å². The number of hydrogen-bond donors (Lipinski definition) is 2. The molecule has 0 radical (unpaired) electrons. The molecule has 2 N–H and O–H groups in total. The number of phenolic OH excluding ortho intramolecular Hbond substituents is 1. The molecule has 1 aromatic heterocycles. The van der Waals surface area contributed by atoms with Crippen LogP contribution in [0.4, 0.5) is 10.8 Å². The SMILES string of the molecule is O=c1nc(Nc2ccccc2O)sc2c1CCCC2. The van der Waals surface area contributed by atoms with Gasteiger partial charge in [0, 0.05) is 10.4 Å². The lowest BCUT2D eigenvalue weighted by Gasteiger charge is -2.14. The zero-order chi connectivity index (χ0) is 13.2. The minimum Gasteiger partial charge on any atom is -0.506 e. The van der Waals surface area contributed by atoms with Crippen LogP contribution in [0.2, 0.25) is 0 Å². The van der Waals surface area contributed by atoms with Crippen molar-refractivity contribution in [3.05, 3.63) is 45.1 Å². The maximum Gasteiger partial charge on any atom is 0.276 e. The molecule has 1 aliphatic rings. The molecule has 5 heteroatoms. The fraction of sp³-hybridized carbons (Fsp3) is 0.286. The van der Waals surface area contributed by atoms with Gasteiger partial charge < -0.3 is 10.4 Å². The summed E-state index contributed by atoms with van der Waals surface area (Å²) >= 11 is 1.51. The highest BCUT2D eigenvalue weighted by Crippen LogP contribution is 2.30. The van der Waals surface area contributed by atoms with Gasteiger partial charge in [0.15, 0.2) is 5.13 Å². The molecule has 1 aromatic carbocycles. The minimum absolute atomic E-state index is 0.133. The van der Waals surface area contributed by atoms with Crippen LogP contribution in [0.3, 0.4) is 0 Å². The molecular weight excluding hydrogens is 260 g/mol. The van der Waals surface area contributed by atoms with Crippen molar-refractivity contribution in [3.63, 3.8) is 0 Å². The first-order valence-corrected chi connectivity index (χ1v) is 7.13. The Morgan fingerprint density at radius 3 is 2.84 bits per heavy atom. The first-order chi connectivity index (χ1) is 9.24. The molecule has 0 spiro atoms. The summed E-state index contributed by atoms with van der Waals surface area (Å²) in [4.78, 5) is 17.1. The first kappa shape index (κ1) is 12.2. The van der Waals surface area contributed by atoms with Crippen LogP contribution >= 0.6 is 11.3 Å². The number of fused-ring (bicyclic) bond motifs is 1. The molecule has 0 saturated heterocycles.